The fourth-order valence-corrected chi connectivity index (χ4v) is 4.39. The molecule has 1 aromatic rings. The number of amides is 1. The highest BCUT2D eigenvalue weighted by Gasteiger charge is 2.56. The molecule has 5 atom stereocenters. The van der Waals surface area contributed by atoms with Crippen LogP contribution >= 0.6 is 0 Å². The Morgan fingerprint density at radius 3 is 2.67 bits per heavy atom. The number of nitrogens with zero attached hydrogens (tertiary/aromatic N) is 4. The summed E-state index contributed by atoms with van der Waals surface area (Å²) in [7, 11) is 0. The van der Waals surface area contributed by atoms with Crippen LogP contribution in [0, 0.1) is 40.3 Å². The number of nitriles is 2. The molecule has 1 saturated carbocycles. The molecule has 2 aliphatic heterocycles. The van der Waals surface area contributed by atoms with Crippen LogP contribution in [-0.4, -0.2) is 55.2 Å². The monoisotopic (exact) mass is 371 g/mol. The van der Waals surface area contributed by atoms with Gasteiger partial charge in [0, 0.05) is 25.6 Å². The molecule has 6 nitrogen and oxygen atoms in total. The van der Waals surface area contributed by atoms with Crippen LogP contribution in [-0.2, 0) is 4.79 Å². The third kappa shape index (κ3) is 3.22. The van der Waals surface area contributed by atoms with E-state index in [2.05, 4.69) is 10.2 Å². The van der Waals surface area contributed by atoms with Crippen LogP contribution in [0.3, 0.4) is 0 Å². The van der Waals surface area contributed by atoms with Crippen molar-refractivity contribution in [3.05, 3.63) is 29.6 Å². The minimum Gasteiger partial charge on any atom is -0.370 e. The van der Waals surface area contributed by atoms with Gasteiger partial charge in [0.25, 0.3) is 0 Å². The van der Waals surface area contributed by atoms with Crippen molar-refractivity contribution in [2.24, 2.45) is 11.8 Å². The lowest BCUT2D eigenvalue weighted by molar-refractivity contribution is -0.130. The Morgan fingerprint density at radius 1 is 1.26 bits per heavy atom. The van der Waals surface area contributed by atoms with Crippen molar-refractivity contribution in [1.82, 2.24) is 10.2 Å². The summed E-state index contributed by atoms with van der Waals surface area (Å²) in [6, 6.07) is 7.78. The van der Waals surface area contributed by atoms with E-state index in [1.165, 1.54) is 17.0 Å². The smallest absolute Gasteiger partial charge is 0.237 e. The number of nitrogens with one attached hydrogen (secondary N) is 1. The van der Waals surface area contributed by atoms with Gasteiger partial charge in [-0.1, -0.05) is 0 Å². The molecular weight excluding hydrogens is 352 g/mol. The summed E-state index contributed by atoms with van der Waals surface area (Å²) in [5.41, 5.74) is 1.07. The Hall–Kier alpha value is -2.71. The lowest BCUT2D eigenvalue weighted by Crippen LogP contribution is -2.43. The summed E-state index contributed by atoms with van der Waals surface area (Å²) in [6.45, 7) is 1.58. The fourth-order valence-electron chi connectivity index (χ4n) is 4.39. The Labute approximate surface area is 156 Å². The van der Waals surface area contributed by atoms with Gasteiger partial charge in [0.05, 0.1) is 30.4 Å². The van der Waals surface area contributed by atoms with Gasteiger partial charge in [-0.25, -0.2) is 8.78 Å². The molecule has 4 rings (SSSR count). The molecule has 2 heterocycles. The van der Waals surface area contributed by atoms with Gasteiger partial charge < -0.3 is 15.1 Å². The van der Waals surface area contributed by atoms with Crippen LogP contribution in [0.2, 0.25) is 0 Å². The first kappa shape index (κ1) is 17.7. The number of rotatable bonds is 4. The van der Waals surface area contributed by atoms with E-state index in [0.29, 0.717) is 17.4 Å². The van der Waals surface area contributed by atoms with Crippen LogP contribution < -0.4 is 10.2 Å². The average Bonchev–Trinajstić information content (AvgIpc) is 2.99. The highest BCUT2D eigenvalue weighted by molar-refractivity contribution is 5.79. The SMILES string of the molecule is N#Cc1cc(F)ccc1N1C[C@@H]2C(NCC(=O)N3C[C@@H](F)C[C@H]3C#N)[C@@H]2C1. The van der Waals surface area contributed by atoms with E-state index >= 15 is 0 Å². The molecule has 8 heteroatoms. The van der Waals surface area contributed by atoms with Crippen LogP contribution in [0.25, 0.3) is 0 Å². The van der Waals surface area contributed by atoms with Crippen molar-refractivity contribution in [2.45, 2.75) is 24.7 Å². The standard InChI is InChI=1S/C19H19F2N5O/c20-12-1-2-17(11(3-12)5-22)25-9-15-16(10-25)19(15)24-7-18(27)26-8-13(21)4-14(26)6-23/h1-3,13-16,19,24H,4,7-10H2/t13-,14-,15-,16+,19?/m0/s1. The molecule has 1 aliphatic carbocycles. The van der Waals surface area contributed by atoms with Gasteiger partial charge in [-0.2, -0.15) is 10.5 Å². The maximum absolute atomic E-state index is 13.4. The molecule has 1 N–H and O–H groups in total. The van der Waals surface area contributed by atoms with Crippen molar-refractivity contribution < 1.29 is 13.6 Å². The molecule has 0 radical (unpaired) electrons. The van der Waals surface area contributed by atoms with E-state index in [1.807, 2.05) is 12.1 Å². The molecule has 2 saturated heterocycles. The molecule has 140 valence electrons. The van der Waals surface area contributed by atoms with Crippen LogP contribution in [0.4, 0.5) is 14.5 Å². The zero-order valence-corrected chi connectivity index (χ0v) is 14.6. The predicted molar refractivity (Wildman–Crippen MR) is 92.7 cm³/mol. The van der Waals surface area contributed by atoms with Gasteiger partial charge >= 0.3 is 0 Å². The number of piperidine rings is 1. The second kappa shape index (κ2) is 6.79. The second-order valence-corrected chi connectivity index (χ2v) is 7.44. The first-order valence-electron chi connectivity index (χ1n) is 9.03. The van der Waals surface area contributed by atoms with E-state index in [-0.39, 0.29) is 31.5 Å². The van der Waals surface area contributed by atoms with E-state index < -0.39 is 18.0 Å². The number of fused-ring (bicyclic) bond motifs is 1. The van der Waals surface area contributed by atoms with Crippen molar-refractivity contribution in [1.29, 1.82) is 10.5 Å². The normalized spacial score (nSPS) is 31.3. The number of carbonyl (C=O) groups excluding carboxylic acids is 1. The van der Waals surface area contributed by atoms with Gasteiger partial charge in [-0.3, -0.25) is 4.79 Å². The number of halogens is 2. The molecule has 0 spiro atoms. The number of carbonyl (C=O) groups is 1. The largest absolute Gasteiger partial charge is 0.370 e. The molecule has 3 fully saturated rings. The molecular formula is C19H19F2N5O. The lowest BCUT2D eigenvalue weighted by atomic mass is 10.1. The minimum absolute atomic E-state index is 0.00839. The minimum atomic E-state index is -1.13. The Morgan fingerprint density at radius 2 is 2.00 bits per heavy atom. The topological polar surface area (TPSA) is 83.2 Å². The Balaban J connectivity index is 1.29. The molecule has 1 unspecified atom stereocenters. The number of anilines is 1. The number of alkyl halides is 1. The van der Waals surface area contributed by atoms with Crippen molar-refractivity contribution in [3.63, 3.8) is 0 Å². The quantitative estimate of drug-likeness (QED) is 0.860. The zero-order chi connectivity index (χ0) is 19.1. The highest BCUT2D eigenvalue weighted by atomic mass is 19.1. The highest BCUT2D eigenvalue weighted by Crippen LogP contribution is 2.47. The van der Waals surface area contributed by atoms with Crippen molar-refractivity contribution >= 4 is 11.6 Å². The van der Waals surface area contributed by atoms with E-state index in [0.717, 1.165) is 18.8 Å². The maximum atomic E-state index is 13.4. The third-order valence-corrected chi connectivity index (χ3v) is 5.82. The fraction of sp³-hybridized carbons (Fsp3) is 0.526. The molecule has 1 amide bonds. The number of hydrogen-bond acceptors (Lipinski definition) is 5. The van der Waals surface area contributed by atoms with Crippen LogP contribution in [0.1, 0.15) is 12.0 Å². The molecule has 0 bridgehead atoms. The molecule has 0 aromatic heterocycles. The number of hydrogen-bond donors (Lipinski definition) is 1. The second-order valence-electron chi connectivity index (χ2n) is 7.44. The van der Waals surface area contributed by atoms with Crippen LogP contribution in [0.15, 0.2) is 18.2 Å². The summed E-state index contributed by atoms with van der Waals surface area (Å²) < 4.78 is 26.7. The Kier molecular flexibility index (Phi) is 4.45. The summed E-state index contributed by atoms with van der Waals surface area (Å²) >= 11 is 0. The van der Waals surface area contributed by atoms with E-state index in [4.69, 9.17) is 5.26 Å². The molecule has 1 aromatic carbocycles. The lowest BCUT2D eigenvalue weighted by Gasteiger charge is -2.24. The van der Waals surface area contributed by atoms with Gasteiger partial charge in [-0.05, 0) is 30.0 Å². The number of likely N-dealkylation sites (tertiary alicyclic amines) is 1. The summed E-state index contributed by atoms with van der Waals surface area (Å²) in [5.74, 6) is 0.0713. The van der Waals surface area contributed by atoms with Gasteiger partial charge in [-0.15, -0.1) is 0 Å². The molecule has 27 heavy (non-hydrogen) atoms. The summed E-state index contributed by atoms with van der Waals surface area (Å²) in [6.07, 6.45) is -1.04. The summed E-state index contributed by atoms with van der Waals surface area (Å²) in [4.78, 5) is 15.7. The third-order valence-electron chi connectivity index (χ3n) is 5.82. The first-order valence-corrected chi connectivity index (χ1v) is 9.03. The van der Waals surface area contributed by atoms with Crippen LogP contribution in [0.5, 0.6) is 0 Å². The van der Waals surface area contributed by atoms with Gasteiger partial charge in [0.1, 0.15) is 24.1 Å². The van der Waals surface area contributed by atoms with Crippen molar-refractivity contribution in [3.8, 4) is 12.1 Å². The number of benzene rings is 1. The molecule has 3 aliphatic rings. The maximum Gasteiger partial charge on any atom is 0.237 e. The van der Waals surface area contributed by atoms with Crippen molar-refractivity contribution in [2.75, 3.05) is 31.1 Å². The zero-order valence-electron chi connectivity index (χ0n) is 14.6. The summed E-state index contributed by atoms with van der Waals surface area (Å²) in [5, 5.41) is 21.5. The van der Waals surface area contributed by atoms with Gasteiger partial charge in [0.15, 0.2) is 0 Å². The first-order chi connectivity index (χ1) is 13.0. The van der Waals surface area contributed by atoms with E-state index in [1.54, 1.807) is 6.07 Å². The van der Waals surface area contributed by atoms with Gasteiger partial charge in [0.2, 0.25) is 5.91 Å². The predicted octanol–water partition coefficient (Wildman–Crippen LogP) is 1.18. The Bertz CT molecular complexity index is 835. The van der Waals surface area contributed by atoms with E-state index in [9.17, 15) is 18.8 Å². The average molecular weight is 371 g/mol.